The first kappa shape index (κ1) is 18.3. The average molecular weight is 380 g/mol. The molecule has 0 bridgehead atoms. The minimum absolute atomic E-state index is 0.228. The molecule has 1 aliphatic rings. The summed E-state index contributed by atoms with van der Waals surface area (Å²) >= 11 is 16.5. The molecule has 0 saturated carbocycles. The number of halogens is 3. The van der Waals surface area contributed by atoms with Crippen LogP contribution < -0.4 is 16.0 Å². The van der Waals surface area contributed by atoms with E-state index < -0.39 is 9.70 Å². The molecule has 1 saturated heterocycles. The maximum Gasteiger partial charge on any atom is 0.276 e. The molecule has 0 atom stereocenters. The highest BCUT2D eigenvalue weighted by molar-refractivity contribution is 6.76. The van der Waals surface area contributed by atoms with Gasteiger partial charge in [0, 0.05) is 37.4 Å². The van der Waals surface area contributed by atoms with Gasteiger partial charge < -0.3 is 16.0 Å². The lowest BCUT2D eigenvalue weighted by molar-refractivity contribution is -0.115. The largest absolute Gasteiger partial charge is 0.339 e. The van der Waals surface area contributed by atoms with Crippen LogP contribution in [0.25, 0.3) is 0 Å². The Bertz CT molecular complexity index is 571. The Kier molecular flexibility index (Phi) is 6.50. The number of hydrogen-bond acceptors (Lipinski definition) is 4. The molecule has 1 aliphatic heterocycles. The Morgan fingerprint density at radius 1 is 1.22 bits per heavy atom. The van der Waals surface area contributed by atoms with Crippen molar-refractivity contribution in [1.82, 2.24) is 15.5 Å². The van der Waals surface area contributed by atoms with Crippen LogP contribution in [0.1, 0.15) is 10.4 Å². The van der Waals surface area contributed by atoms with Gasteiger partial charge in [0.1, 0.15) is 0 Å². The molecule has 6 nitrogen and oxygen atoms in total. The zero-order valence-electron chi connectivity index (χ0n) is 12.2. The molecule has 9 heteroatoms. The molecule has 1 heterocycles. The molecule has 1 fully saturated rings. The highest BCUT2D eigenvalue weighted by atomic mass is 35.6. The molecule has 2 rings (SSSR count). The fraction of sp³-hybridized carbons (Fsp3) is 0.429. The first-order valence-electron chi connectivity index (χ1n) is 7.06. The van der Waals surface area contributed by atoms with Crippen LogP contribution in [-0.2, 0) is 4.79 Å². The van der Waals surface area contributed by atoms with Crippen molar-refractivity contribution in [3.05, 3.63) is 29.8 Å². The van der Waals surface area contributed by atoms with Gasteiger partial charge in [-0.15, -0.1) is 0 Å². The van der Waals surface area contributed by atoms with Crippen molar-refractivity contribution in [3.8, 4) is 0 Å². The van der Waals surface area contributed by atoms with Gasteiger partial charge in [-0.25, -0.2) is 0 Å². The van der Waals surface area contributed by atoms with E-state index in [1.165, 1.54) is 6.07 Å². The van der Waals surface area contributed by atoms with Gasteiger partial charge in [0.15, 0.2) is 0 Å². The summed E-state index contributed by atoms with van der Waals surface area (Å²) in [5.41, 5.74) is 0.804. The Labute approximate surface area is 149 Å². The molecule has 3 N–H and O–H groups in total. The van der Waals surface area contributed by atoms with Gasteiger partial charge in [-0.2, -0.15) is 0 Å². The number of nitrogens with zero attached hydrogens (tertiary/aromatic N) is 1. The third-order valence-corrected chi connectivity index (χ3v) is 3.83. The SMILES string of the molecule is O=C(NCN1CCNCC1)c1cccc(NC(=O)C(Cl)(Cl)Cl)c1. The van der Waals surface area contributed by atoms with E-state index in [1.54, 1.807) is 18.2 Å². The van der Waals surface area contributed by atoms with Crippen LogP contribution >= 0.6 is 34.8 Å². The first-order valence-corrected chi connectivity index (χ1v) is 8.19. The number of anilines is 1. The van der Waals surface area contributed by atoms with Crippen molar-refractivity contribution >= 4 is 52.3 Å². The lowest BCUT2D eigenvalue weighted by Gasteiger charge is -2.27. The number of nitrogens with one attached hydrogen (secondary N) is 3. The zero-order chi connectivity index (χ0) is 16.9. The van der Waals surface area contributed by atoms with Crippen molar-refractivity contribution in [2.75, 3.05) is 38.2 Å². The molecule has 0 unspecified atom stereocenters. The van der Waals surface area contributed by atoms with E-state index >= 15 is 0 Å². The summed E-state index contributed by atoms with van der Waals surface area (Å²) < 4.78 is -2.05. The monoisotopic (exact) mass is 378 g/mol. The van der Waals surface area contributed by atoms with Gasteiger partial charge in [0.2, 0.25) is 0 Å². The highest BCUT2D eigenvalue weighted by Crippen LogP contribution is 2.27. The van der Waals surface area contributed by atoms with E-state index in [2.05, 4.69) is 20.9 Å². The van der Waals surface area contributed by atoms with Crippen molar-refractivity contribution in [2.24, 2.45) is 0 Å². The van der Waals surface area contributed by atoms with Crippen LogP contribution in [-0.4, -0.2) is 53.4 Å². The number of hydrogen-bond donors (Lipinski definition) is 3. The third-order valence-electron chi connectivity index (χ3n) is 3.31. The van der Waals surface area contributed by atoms with Crippen LogP contribution in [0.15, 0.2) is 24.3 Å². The van der Waals surface area contributed by atoms with E-state index in [0.717, 1.165) is 26.2 Å². The number of benzene rings is 1. The number of rotatable bonds is 4. The molecule has 126 valence electrons. The second-order valence-electron chi connectivity index (χ2n) is 5.06. The molecule has 2 amide bonds. The number of alkyl halides is 3. The molecular formula is C14H17Cl3N4O2. The summed E-state index contributed by atoms with van der Waals surface area (Å²) in [5, 5.41) is 8.54. The summed E-state index contributed by atoms with van der Waals surface area (Å²) in [6.07, 6.45) is 0. The van der Waals surface area contributed by atoms with E-state index in [-0.39, 0.29) is 5.91 Å². The molecule has 0 aliphatic carbocycles. The van der Waals surface area contributed by atoms with E-state index in [4.69, 9.17) is 34.8 Å². The maximum atomic E-state index is 12.2. The van der Waals surface area contributed by atoms with Crippen molar-refractivity contribution in [2.45, 2.75) is 3.79 Å². The van der Waals surface area contributed by atoms with E-state index in [9.17, 15) is 9.59 Å². The molecular weight excluding hydrogens is 363 g/mol. The Morgan fingerprint density at radius 2 is 1.91 bits per heavy atom. The van der Waals surface area contributed by atoms with Crippen LogP contribution in [0.3, 0.4) is 0 Å². The molecule has 0 aromatic heterocycles. The summed E-state index contributed by atoms with van der Waals surface area (Å²) in [6, 6.07) is 6.44. The second kappa shape index (κ2) is 8.17. The zero-order valence-corrected chi connectivity index (χ0v) is 14.5. The van der Waals surface area contributed by atoms with Crippen molar-refractivity contribution < 1.29 is 9.59 Å². The minimum atomic E-state index is -2.05. The van der Waals surface area contributed by atoms with E-state index in [0.29, 0.717) is 17.9 Å². The van der Waals surface area contributed by atoms with E-state index in [1.807, 2.05) is 0 Å². The second-order valence-corrected chi connectivity index (χ2v) is 7.35. The molecule has 0 radical (unpaired) electrons. The topological polar surface area (TPSA) is 73.5 Å². The van der Waals surface area contributed by atoms with Crippen molar-refractivity contribution in [1.29, 1.82) is 0 Å². The fourth-order valence-corrected chi connectivity index (χ4v) is 2.24. The van der Waals surface area contributed by atoms with Gasteiger partial charge in [0.05, 0.1) is 6.67 Å². The third kappa shape index (κ3) is 5.82. The summed E-state index contributed by atoms with van der Waals surface area (Å²) in [6.45, 7) is 4.08. The normalized spacial score (nSPS) is 16.0. The van der Waals surface area contributed by atoms with Gasteiger partial charge in [-0.05, 0) is 18.2 Å². The first-order chi connectivity index (χ1) is 10.9. The smallest absolute Gasteiger partial charge is 0.276 e. The van der Waals surface area contributed by atoms with Crippen LogP contribution in [0, 0.1) is 0 Å². The number of amides is 2. The predicted molar refractivity (Wildman–Crippen MR) is 92.1 cm³/mol. The highest BCUT2D eigenvalue weighted by Gasteiger charge is 2.30. The average Bonchev–Trinajstić information content (AvgIpc) is 2.53. The van der Waals surface area contributed by atoms with Crippen LogP contribution in [0.4, 0.5) is 5.69 Å². The Balaban J connectivity index is 1.93. The number of carbonyl (C=O) groups excluding carboxylic acids is 2. The van der Waals surface area contributed by atoms with Gasteiger partial charge in [0.25, 0.3) is 15.6 Å². The predicted octanol–water partition coefficient (Wildman–Crippen LogP) is 1.59. The van der Waals surface area contributed by atoms with Crippen LogP contribution in [0.5, 0.6) is 0 Å². The van der Waals surface area contributed by atoms with Gasteiger partial charge >= 0.3 is 0 Å². The quantitative estimate of drug-likeness (QED) is 0.695. The Morgan fingerprint density at radius 3 is 2.57 bits per heavy atom. The lowest BCUT2D eigenvalue weighted by Crippen LogP contribution is -2.48. The molecule has 0 spiro atoms. The summed E-state index contributed by atoms with van der Waals surface area (Å²) in [7, 11) is 0. The Hall–Kier alpha value is -1.05. The molecule has 23 heavy (non-hydrogen) atoms. The number of piperazine rings is 1. The van der Waals surface area contributed by atoms with Gasteiger partial charge in [-0.1, -0.05) is 40.9 Å². The fourth-order valence-electron chi connectivity index (χ4n) is 2.10. The maximum absolute atomic E-state index is 12.2. The molecule has 1 aromatic carbocycles. The standard InChI is InChI=1S/C14H17Cl3N4O2/c15-14(16,17)13(23)20-11-3-1-2-10(8-11)12(22)19-9-21-6-4-18-5-7-21/h1-3,8,18H,4-7,9H2,(H,19,22)(H,20,23). The molecule has 1 aromatic rings. The van der Waals surface area contributed by atoms with Crippen molar-refractivity contribution in [3.63, 3.8) is 0 Å². The van der Waals surface area contributed by atoms with Crippen LogP contribution in [0.2, 0.25) is 0 Å². The van der Waals surface area contributed by atoms with Gasteiger partial charge in [-0.3, -0.25) is 14.5 Å². The minimum Gasteiger partial charge on any atom is -0.339 e. The lowest BCUT2D eigenvalue weighted by atomic mass is 10.2. The summed E-state index contributed by atoms with van der Waals surface area (Å²) in [5.74, 6) is -1.01. The summed E-state index contributed by atoms with van der Waals surface area (Å²) in [4.78, 5) is 25.9. The number of carbonyl (C=O) groups is 2.